The molecular formula is C22H21N5S. The molecule has 5 nitrogen and oxygen atoms in total. The van der Waals surface area contributed by atoms with Crippen LogP contribution >= 0.6 is 11.3 Å². The Morgan fingerprint density at radius 1 is 1.11 bits per heavy atom. The zero-order valence-electron chi connectivity index (χ0n) is 15.7. The van der Waals surface area contributed by atoms with Crippen LogP contribution in [0.4, 0.5) is 0 Å². The Kier molecular flexibility index (Phi) is 4.50. The van der Waals surface area contributed by atoms with Gasteiger partial charge in [0, 0.05) is 55.3 Å². The van der Waals surface area contributed by atoms with Crippen molar-refractivity contribution in [1.29, 1.82) is 0 Å². The number of hydrogen-bond donors (Lipinski definition) is 0. The van der Waals surface area contributed by atoms with E-state index < -0.39 is 0 Å². The van der Waals surface area contributed by atoms with E-state index in [1.807, 2.05) is 36.0 Å². The molecule has 0 fully saturated rings. The first-order valence-electron chi connectivity index (χ1n) is 9.48. The molecule has 4 aromatic rings. The van der Waals surface area contributed by atoms with Crippen LogP contribution in [-0.2, 0) is 19.5 Å². The van der Waals surface area contributed by atoms with E-state index in [1.165, 1.54) is 21.7 Å². The van der Waals surface area contributed by atoms with E-state index in [0.717, 1.165) is 43.3 Å². The number of thiophene rings is 1. The Labute approximate surface area is 168 Å². The lowest BCUT2D eigenvalue weighted by Gasteiger charge is -2.27. The highest BCUT2D eigenvalue weighted by molar-refractivity contribution is 7.13. The molecule has 0 unspecified atom stereocenters. The molecule has 140 valence electrons. The van der Waals surface area contributed by atoms with Crippen molar-refractivity contribution in [3.8, 4) is 16.3 Å². The van der Waals surface area contributed by atoms with Crippen molar-refractivity contribution >= 4 is 11.3 Å². The molecule has 28 heavy (non-hydrogen) atoms. The Morgan fingerprint density at radius 2 is 2.00 bits per heavy atom. The van der Waals surface area contributed by atoms with Crippen LogP contribution in [0.5, 0.6) is 0 Å². The molecule has 4 heterocycles. The van der Waals surface area contributed by atoms with Crippen LogP contribution in [0.25, 0.3) is 16.3 Å². The summed E-state index contributed by atoms with van der Waals surface area (Å²) < 4.78 is 1.99. The van der Waals surface area contributed by atoms with Crippen molar-refractivity contribution in [2.24, 2.45) is 0 Å². The molecular weight excluding hydrogens is 366 g/mol. The molecule has 6 heteroatoms. The fourth-order valence-corrected chi connectivity index (χ4v) is 4.45. The van der Waals surface area contributed by atoms with Crippen LogP contribution in [0, 0.1) is 6.92 Å². The minimum absolute atomic E-state index is 0.858. The molecule has 3 aromatic heterocycles. The van der Waals surface area contributed by atoms with Gasteiger partial charge in [0.05, 0.1) is 10.6 Å². The summed E-state index contributed by atoms with van der Waals surface area (Å²) in [6.07, 6.45) is 5.13. The molecule has 0 saturated heterocycles. The van der Waals surface area contributed by atoms with Crippen LogP contribution in [0.1, 0.15) is 22.6 Å². The zero-order valence-corrected chi connectivity index (χ0v) is 16.6. The number of benzene rings is 1. The summed E-state index contributed by atoms with van der Waals surface area (Å²) >= 11 is 1.74. The van der Waals surface area contributed by atoms with Crippen LogP contribution in [-0.4, -0.2) is 31.2 Å². The predicted molar refractivity (Wildman–Crippen MR) is 111 cm³/mol. The molecule has 0 atom stereocenters. The topological polar surface area (TPSA) is 46.8 Å². The number of rotatable bonds is 4. The van der Waals surface area contributed by atoms with Gasteiger partial charge >= 0.3 is 0 Å². The summed E-state index contributed by atoms with van der Waals surface area (Å²) in [6, 6.07) is 14.5. The second-order valence-electron chi connectivity index (χ2n) is 7.11. The highest BCUT2D eigenvalue weighted by atomic mass is 32.1. The number of aryl methyl sites for hydroxylation is 1. The first-order valence-corrected chi connectivity index (χ1v) is 10.4. The van der Waals surface area contributed by atoms with Crippen molar-refractivity contribution in [2.45, 2.75) is 26.4 Å². The summed E-state index contributed by atoms with van der Waals surface area (Å²) in [5.74, 6) is 0.858. The van der Waals surface area contributed by atoms with Crippen LogP contribution in [0.3, 0.4) is 0 Å². The van der Waals surface area contributed by atoms with E-state index in [-0.39, 0.29) is 0 Å². The number of fused-ring (bicyclic) bond motifs is 1. The van der Waals surface area contributed by atoms with Crippen molar-refractivity contribution in [1.82, 2.24) is 24.6 Å². The summed E-state index contributed by atoms with van der Waals surface area (Å²) in [4.78, 5) is 12.7. The van der Waals surface area contributed by atoms with Gasteiger partial charge in [-0.3, -0.25) is 4.90 Å². The Bertz CT molecular complexity index is 1090. The average Bonchev–Trinajstić information content (AvgIpc) is 3.39. The van der Waals surface area contributed by atoms with Crippen molar-refractivity contribution < 1.29 is 0 Å². The van der Waals surface area contributed by atoms with Gasteiger partial charge in [-0.2, -0.15) is 5.10 Å². The molecule has 0 spiro atoms. The fourth-order valence-electron chi connectivity index (χ4n) is 3.71. The lowest BCUT2D eigenvalue weighted by Crippen LogP contribution is -2.31. The highest BCUT2D eigenvalue weighted by Crippen LogP contribution is 2.29. The molecule has 1 aliphatic rings. The third-order valence-electron chi connectivity index (χ3n) is 5.09. The molecule has 1 aliphatic heterocycles. The van der Waals surface area contributed by atoms with Crippen molar-refractivity contribution in [3.05, 3.63) is 82.9 Å². The van der Waals surface area contributed by atoms with Gasteiger partial charge in [0.25, 0.3) is 0 Å². The van der Waals surface area contributed by atoms with E-state index in [0.29, 0.717) is 0 Å². The predicted octanol–water partition coefficient (Wildman–Crippen LogP) is 4.26. The fraction of sp³-hybridized carbons (Fsp3) is 0.227. The van der Waals surface area contributed by atoms with E-state index in [4.69, 9.17) is 5.10 Å². The Hall–Kier alpha value is -2.83. The molecule has 0 N–H and O–H groups in total. The minimum Gasteiger partial charge on any atom is -0.294 e. The number of para-hydroxylation sites is 1. The first kappa shape index (κ1) is 17.3. The lowest BCUT2D eigenvalue weighted by molar-refractivity contribution is 0.243. The van der Waals surface area contributed by atoms with Gasteiger partial charge in [-0.25, -0.2) is 14.6 Å². The maximum atomic E-state index is 4.92. The van der Waals surface area contributed by atoms with Gasteiger partial charge in [-0.1, -0.05) is 24.3 Å². The maximum Gasteiger partial charge on any atom is 0.125 e. The molecule has 1 aromatic carbocycles. The molecule has 0 saturated carbocycles. The second kappa shape index (κ2) is 7.30. The normalized spacial score (nSPS) is 14.2. The molecule has 0 amide bonds. The van der Waals surface area contributed by atoms with Crippen LogP contribution in [0.15, 0.2) is 60.2 Å². The summed E-state index contributed by atoms with van der Waals surface area (Å²) in [5, 5.41) is 7.03. The van der Waals surface area contributed by atoms with Gasteiger partial charge in [-0.05, 0) is 30.5 Å². The number of aromatic nitrogens is 4. The molecule has 0 bridgehead atoms. The Balaban J connectivity index is 1.46. The average molecular weight is 388 g/mol. The quantitative estimate of drug-likeness (QED) is 0.525. The third-order valence-corrected chi connectivity index (χ3v) is 5.97. The van der Waals surface area contributed by atoms with Crippen molar-refractivity contribution in [3.63, 3.8) is 0 Å². The number of hydrogen-bond acceptors (Lipinski definition) is 5. The van der Waals surface area contributed by atoms with Gasteiger partial charge in [0.15, 0.2) is 0 Å². The molecule has 5 rings (SSSR count). The van der Waals surface area contributed by atoms with E-state index in [2.05, 4.69) is 50.7 Å². The molecule has 0 aliphatic carbocycles. The van der Waals surface area contributed by atoms with Crippen LogP contribution in [0.2, 0.25) is 0 Å². The summed E-state index contributed by atoms with van der Waals surface area (Å²) in [7, 11) is 0. The molecule has 0 radical (unpaired) electrons. The SMILES string of the molecule is Cc1ncc2c(n1)CCN(Cc1cn(-c3ccccc3)nc1-c1cccs1)C2. The minimum atomic E-state index is 0.858. The standard InChI is InChI=1S/C22H21N5S/c1-16-23-12-17-13-26(10-9-20(17)24-16)14-18-15-27(19-6-3-2-4-7-19)25-22(18)21-8-5-11-28-21/h2-8,11-12,15H,9-10,13-14H2,1H3. The first-order chi connectivity index (χ1) is 13.8. The van der Waals surface area contributed by atoms with E-state index >= 15 is 0 Å². The third kappa shape index (κ3) is 3.37. The summed E-state index contributed by atoms with van der Waals surface area (Å²) in [6.45, 7) is 4.71. The van der Waals surface area contributed by atoms with E-state index in [9.17, 15) is 0 Å². The Morgan fingerprint density at radius 3 is 2.82 bits per heavy atom. The van der Waals surface area contributed by atoms with Crippen LogP contribution < -0.4 is 0 Å². The number of nitrogens with zero attached hydrogens (tertiary/aromatic N) is 5. The van der Waals surface area contributed by atoms with Gasteiger partial charge in [0.2, 0.25) is 0 Å². The summed E-state index contributed by atoms with van der Waals surface area (Å²) in [5.41, 5.74) is 5.85. The maximum absolute atomic E-state index is 4.92. The van der Waals surface area contributed by atoms with Gasteiger partial charge in [-0.15, -0.1) is 11.3 Å². The van der Waals surface area contributed by atoms with Gasteiger partial charge < -0.3 is 0 Å². The second-order valence-corrected chi connectivity index (χ2v) is 8.06. The zero-order chi connectivity index (χ0) is 18.9. The smallest absolute Gasteiger partial charge is 0.125 e. The largest absolute Gasteiger partial charge is 0.294 e. The van der Waals surface area contributed by atoms with Crippen molar-refractivity contribution in [2.75, 3.05) is 6.54 Å². The lowest BCUT2D eigenvalue weighted by atomic mass is 10.1. The monoisotopic (exact) mass is 387 g/mol. The highest BCUT2D eigenvalue weighted by Gasteiger charge is 2.21. The van der Waals surface area contributed by atoms with Gasteiger partial charge in [0.1, 0.15) is 11.5 Å². The van der Waals surface area contributed by atoms with E-state index in [1.54, 1.807) is 11.3 Å².